The Morgan fingerprint density at radius 1 is 1.36 bits per heavy atom. The Bertz CT molecular complexity index is 534. The van der Waals surface area contributed by atoms with Crippen molar-refractivity contribution in [2.45, 2.75) is 32.7 Å². The van der Waals surface area contributed by atoms with E-state index in [4.69, 9.17) is 4.74 Å². The summed E-state index contributed by atoms with van der Waals surface area (Å²) < 4.78 is 5.34. The minimum absolute atomic E-state index is 0.172. The van der Waals surface area contributed by atoms with Crippen molar-refractivity contribution in [2.24, 2.45) is 0 Å². The maximum Gasteiger partial charge on any atom is 0.219 e. The van der Waals surface area contributed by atoms with E-state index in [1.54, 1.807) is 14.0 Å². The number of hydrogen-bond donors (Lipinski definition) is 0. The molecule has 22 heavy (non-hydrogen) atoms. The van der Waals surface area contributed by atoms with E-state index in [2.05, 4.69) is 30.5 Å². The lowest BCUT2D eigenvalue weighted by atomic mass is 10.0. The molecule has 0 aliphatic carbocycles. The molecule has 0 radical (unpaired) electrons. The van der Waals surface area contributed by atoms with Crippen LogP contribution in [0.15, 0.2) is 36.4 Å². The second kappa shape index (κ2) is 7.34. The molecule has 0 aromatic heterocycles. The highest BCUT2D eigenvalue weighted by Crippen LogP contribution is 2.27. The molecule has 1 amide bonds. The molecule has 0 unspecified atom stereocenters. The molecule has 120 valence electrons. The lowest BCUT2D eigenvalue weighted by molar-refractivity contribution is -0.129. The van der Waals surface area contributed by atoms with Crippen LogP contribution in [0, 0.1) is 0 Å². The molecule has 0 bridgehead atoms. The van der Waals surface area contributed by atoms with E-state index in [1.165, 1.54) is 0 Å². The van der Waals surface area contributed by atoms with Crippen LogP contribution in [0.25, 0.3) is 0 Å². The summed E-state index contributed by atoms with van der Waals surface area (Å²) in [4.78, 5) is 15.8. The Morgan fingerprint density at radius 3 is 2.59 bits per heavy atom. The minimum atomic E-state index is 0.172. The van der Waals surface area contributed by atoms with E-state index in [9.17, 15) is 4.79 Å². The van der Waals surface area contributed by atoms with Gasteiger partial charge in [0.05, 0.1) is 7.11 Å². The van der Waals surface area contributed by atoms with Gasteiger partial charge in [-0.25, -0.2) is 0 Å². The Labute approximate surface area is 133 Å². The summed E-state index contributed by atoms with van der Waals surface area (Å²) in [5.41, 5.74) is 2.29. The SMILES string of the molecule is C=C(C)CN(c1cccc(OC)c1)C1CCN(C(C)=O)CC1. The molecule has 4 heteroatoms. The maximum absolute atomic E-state index is 11.5. The van der Waals surface area contributed by atoms with Crippen LogP contribution in [0.5, 0.6) is 5.75 Å². The van der Waals surface area contributed by atoms with E-state index in [0.717, 1.165) is 49.5 Å². The lowest BCUT2D eigenvalue weighted by Gasteiger charge is -2.40. The van der Waals surface area contributed by atoms with Crippen molar-refractivity contribution in [3.63, 3.8) is 0 Å². The molecule has 0 saturated carbocycles. The summed E-state index contributed by atoms with van der Waals surface area (Å²) in [5.74, 6) is 1.04. The van der Waals surface area contributed by atoms with Crippen LogP contribution >= 0.6 is 0 Å². The number of ether oxygens (including phenoxy) is 1. The molecule has 1 aromatic rings. The molecule has 0 N–H and O–H groups in total. The number of piperidine rings is 1. The van der Waals surface area contributed by atoms with Crippen molar-refractivity contribution >= 4 is 11.6 Å². The summed E-state index contributed by atoms with van der Waals surface area (Å²) in [6.45, 7) is 10.3. The first kappa shape index (κ1) is 16.4. The predicted molar refractivity (Wildman–Crippen MR) is 90.4 cm³/mol. The van der Waals surface area contributed by atoms with Crippen molar-refractivity contribution in [3.05, 3.63) is 36.4 Å². The van der Waals surface area contributed by atoms with Gasteiger partial charge in [-0.1, -0.05) is 18.2 Å². The first-order valence-electron chi connectivity index (χ1n) is 7.82. The van der Waals surface area contributed by atoms with Gasteiger partial charge in [0.1, 0.15) is 5.75 Å². The van der Waals surface area contributed by atoms with E-state index in [-0.39, 0.29) is 5.91 Å². The predicted octanol–water partition coefficient (Wildman–Crippen LogP) is 3.09. The third-order valence-electron chi connectivity index (χ3n) is 4.18. The summed E-state index contributed by atoms with van der Waals surface area (Å²) >= 11 is 0. The van der Waals surface area contributed by atoms with Gasteiger partial charge >= 0.3 is 0 Å². The zero-order valence-electron chi connectivity index (χ0n) is 13.8. The normalized spacial score (nSPS) is 15.5. The summed E-state index contributed by atoms with van der Waals surface area (Å²) in [6, 6.07) is 8.59. The number of rotatable bonds is 5. The fraction of sp³-hybridized carbons (Fsp3) is 0.500. The number of methoxy groups -OCH3 is 1. The Kier molecular flexibility index (Phi) is 5.47. The quantitative estimate of drug-likeness (QED) is 0.784. The van der Waals surface area contributed by atoms with Crippen LogP contribution in [0.1, 0.15) is 26.7 Å². The molecule has 4 nitrogen and oxygen atoms in total. The van der Waals surface area contributed by atoms with Gasteiger partial charge in [0, 0.05) is 44.4 Å². The van der Waals surface area contributed by atoms with E-state index in [1.807, 2.05) is 17.0 Å². The maximum atomic E-state index is 11.5. The summed E-state index contributed by atoms with van der Waals surface area (Å²) in [7, 11) is 1.69. The number of nitrogens with zero attached hydrogens (tertiary/aromatic N) is 2. The first-order chi connectivity index (χ1) is 10.5. The third-order valence-corrected chi connectivity index (χ3v) is 4.18. The molecule has 0 spiro atoms. The largest absolute Gasteiger partial charge is 0.497 e. The minimum Gasteiger partial charge on any atom is -0.497 e. The molecule has 1 aliphatic heterocycles. The number of carbonyl (C=O) groups is 1. The average Bonchev–Trinajstić information content (AvgIpc) is 2.52. The summed E-state index contributed by atoms with van der Waals surface area (Å²) in [5, 5.41) is 0. The number of benzene rings is 1. The van der Waals surface area contributed by atoms with Gasteiger partial charge in [-0.15, -0.1) is 0 Å². The number of carbonyl (C=O) groups excluding carboxylic acids is 1. The van der Waals surface area contributed by atoms with Crippen LogP contribution in [-0.2, 0) is 4.79 Å². The molecular weight excluding hydrogens is 276 g/mol. The van der Waals surface area contributed by atoms with Gasteiger partial charge in [0.25, 0.3) is 0 Å². The van der Waals surface area contributed by atoms with Gasteiger partial charge in [-0.05, 0) is 31.9 Å². The smallest absolute Gasteiger partial charge is 0.219 e. The highest BCUT2D eigenvalue weighted by atomic mass is 16.5. The second-order valence-corrected chi connectivity index (χ2v) is 6.02. The number of anilines is 1. The van der Waals surface area contributed by atoms with Crippen molar-refractivity contribution in [2.75, 3.05) is 31.6 Å². The van der Waals surface area contributed by atoms with Crippen LogP contribution in [0.3, 0.4) is 0 Å². The van der Waals surface area contributed by atoms with Gasteiger partial charge in [0.2, 0.25) is 5.91 Å². The average molecular weight is 302 g/mol. The number of amides is 1. The van der Waals surface area contributed by atoms with Gasteiger partial charge < -0.3 is 14.5 Å². The highest BCUT2D eigenvalue weighted by molar-refractivity contribution is 5.73. The first-order valence-corrected chi connectivity index (χ1v) is 7.82. The van der Waals surface area contributed by atoms with Crippen LogP contribution in [-0.4, -0.2) is 43.6 Å². The fourth-order valence-electron chi connectivity index (χ4n) is 3.00. The second-order valence-electron chi connectivity index (χ2n) is 6.02. The molecule has 0 atom stereocenters. The zero-order valence-corrected chi connectivity index (χ0v) is 13.8. The van der Waals surface area contributed by atoms with E-state index in [0.29, 0.717) is 6.04 Å². The number of hydrogen-bond acceptors (Lipinski definition) is 3. The van der Waals surface area contributed by atoms with Crippen molar-refractivity contribution in [3.8, 4) is 5.75 Å². The zero-order chi connectivity index (χ0) is 16.1. The molecule has 1 aromatic carbocycles. The van der Waals surface area contributed by atoms with Crippen molar-refractivity contribution in [1.29, 1.82) is 0 Å². The van der Waals surface area contributed by atoms with Gasteiger partial charge in [0.15, 0.2) is 0 Å². The highest BCUT2D eigenvalue weighted by Gasteiger charge is 2.26. The van der Waals surface area contributed by atoms with Crippen molar-refractivity contribution < 1.29 is 9.53 Å². The Balaban J connectivity index is 2.16. The van der Waals surface area contributed by atoms with Crippen LogP contribution in [0.2, 0.25) is 0 Å². The van der Waals surface area contributed by atoms with E-state index >= 15 is 0 Å². The molecular formula is C18H26N2O2. The Hall–Kier alpha value is -1.97. The molecule has 1 saturated heterocycles. The monoisotopic (exact) mass is 302 g/mol. The van der Waals surface area contributed by atoms with Gasteiger partial charge in [-0.2, -0.15) is 0 Å². The molecule has 1 aliphatic rings. The van der Waals surface area contributed by atoms with Crippen molar-refractivity contribution in [1.82, 2.24) is 4.90 Å². The standard InChI is InChI=1S/C18H26N2O2/c1-14(2)13-20(17-6-5-7-18(12-17)22-4)16-8-10-19(11-9-16)15(3)21/h5-7,12,16H,1,8-11,13H2,2-4H3. The van der Waals surface area contributed by atoms with Crippen LogP contribution < -0.4 is 9.64 Å². The molecule has 1 heterocycles. The lowest BCUT2D eigenvalue weighted by Crippen LogP contribution is -2.46. The Morgan fingerprint density at radius 2 is 2.05 bits per heavy atom. The number of likely N-dealkylation sites (tertiary alicyclic amines) is 1. The summed E-state index contributed by atoms with van der Waals surface area (Å²) in [6.07, 6.45) is 1.98. The molecule has 1 fully saturated rings. The van der Waals surface area contributed by atoms with Gasteiger partial charge in [-0.3, -0.25) is 4.79 Å². The topological polar surface area (TPSA) is 32.8 Å². The fourth-order valence-corrected chi connectivity index (χ4v) is 3.00. The molecule has 2 rings (SSSR count). The third kappa shape index (κ3) is 4.03. The van der Waals surface area contributed by atoms with E-state index < -0.39 is 0 Å². The van der Waals surface area contributed by atoms with Crippen LogP contribution in [0.4, 0.5) is 5.69 Å².